The van der Waals surface area contributed by atoms with E-state index in [1.54, 1.807) is 11.1 Å². The number of benzene rings is 1. The van der Waals surface area contributed by atoms with Crippen LogP contribution in [0.5, 0.6) is 0 Å². The molecule has 3 heterocycles. The van der Waals surface area contributed by atoms with Crippen LogP contribution in [0.1, 0.15) is 48.4 Å². The van der Waals surface area contributed by atoms with Gasteiger partial charge in [0.1, 0.15) is 11.1 Å². The minimum Gasteiger partial charge on any atom is -0.379 e. The molecule has 2 aliphatic rings. The van der Waals surface area contributed by atoms with E-state index in [-0.39, 0.29) is 22.7 Å². The van der Waals surface area contributed by atoms with E-state index in [2.05, 4.69) is 31.3 Å². The van der Waals surface area contributed by atoms with Gasteiger partial charge < -0.3 is 4.74 Å². The van der Waals surface area contributed by atoms with E-state index in [0.717, 1.165) is 64.3 Å². The minimum atomic E-state index is -0.253. The Hall–Kier alpha value is -2.77. The van der Waals surface area contributed by atoms with Crippen LogP contribution in [-0.2, 0) is 11.3 Å². The number of hydrazine groups is 1. The summed E-state index contributed by atoms with van der Waals surface area (Å²) in [6, 6.07) is 10.3. The van der Waals surface area contributed by atoms with Gasteiger partial charge in [0.25, 0.3) is 5.91 Å². The Bertz CT molecular complexity index is 1080. The molecular formula is C26H34ClN7O2. The lowest BCUT2D eigenvalue weighted by atomic mass is 10.0. The van der Waals surface area contributed by atoms with Crippen LogP contribution in [0.15, 0.2) is 30.5 Å². The number of likely N-dealkylation sites (tertiary alicyclic amines) is 1. The van der Waals surface area contributed by atoms with Gasteiger partial charge in [-0.05, 0) is 49.5 Å². The molecule has 1 aromatic carbocycles. The van der Waals surface area contributed by atoms with Crippen LogP contribution in [-0.4, -0.2) is 77.7 Å². The molecule has 4 rings (SSSR count). The zero-order chi connectivity index (χ0) is 25.5. The highest BCUT2D eigenvalue weighted by atomic mass is 35.5. The number of morpholine rings is 1. The Labute approximate surface area is 218 Å². The molecule has 1 aromatic heterocycles. The molecule has 0 aliphatic carbocycles. The van der Waals surface area contributed by atoms with Crippen LogP contribution in [0.25, 0.3) is 0 Å². The maximum absolute atomic E-state index is 13.2. The summed E-state index contributed by atoms with van der Waals surface area (Å²) in [7, 11) is 0. The molecule has 36 heavy (non-hydrogen) atoms. The van der Waals surface area contributed by atoms with Gasteiger partial charge in [-0.25, -0.2) is 4.98 Å². The standard InChI is InChI=1S/C26H34ClN7O2/c1-19(2)17-34(25-23(27)16-29-24(15-28)30-25)31-26(35)21-5-3-4-20(14-21)18-32-8-6-22(7-9-32)33-10-12-36-13-11-33/h3-5,14,16,19,22H,6-13,17-18H2,1-2H3,(H,31,35). The summed E-state index contributed by atoms with van der Waals surface area (Å²) >= 11 is 6.31. The van der Waals surface area contributed by atoms with Crippen LogP contribution in [0, 0.1) is 17.2 Å². The van der Waals surface area contributed by atoms with Gasteiger partial charge in [-0.2, -0.15) is 10.2 Å². The second kappa shape index (κ2) is 12.5. The molecule has 9 nitrogen and oxygen atoms in total. The topological polar surface area (TPSA) is 97.6 Å². The summed E-state index contributed by atoms with van der Waals surface area (Å²) in [4.78, 5) is 26.3. The SMILES string of the molecule is CC(C)CN(NC(=O)c1cccc(CN2CCC(N3CCOCC3)CC2)c1)c1nc(C#N)ncc1Cl. The molecule has 0 saturated carbocycles. The summed E-state index contributed by atoms with van der Waals surface area (Å²) < 4.78 is 5.49. The van der Waals surface area contributed by atoms with Crippen LogP contribution in [0.3, 0.4) is 0 Å². The average Bonchev–Trinajstić information content (AvgIpc) is 2.89. The molecule has 192 valence electrons. The normalized spacial score (nSPS) is 17.6. The van der Waals surface area contributed by atoms with E-state index < -0.39 is 0 Å². The number of carbonyl (C=O) groups excluding carboxylic acids is 1. The zero-order valence-electron chi connectivity index (χ0n) is 21.0. The van der Waals surface area contributed by atoms with Crippen LogP contribution in [0.2, 0.25) is 5.02 Å². The molecule has 2 aliphatic heterocycles. The molecule has 0 atom stereocenters. The fourth-order valence-corrected chi connectivity index (χ4v) is 4.99. The van der Waals surface area contributed by atoms with Gasteiger partial charge in [0.05, 0.1) is 19.4 Å². The van der Waals surface area contributed by atoms with E-state index in [1.807, 2.05) is 32.0 Å². The Kier molecular flexibility index (Phi) is 9.10. The zero-order valence-corrected chi connectivity index (χ0v) is 21.7. The predicted octanol–water partition coefficient (Wildman–Crippen LogP) is 3.11. The maximum Gasteiger partial charge on any atom is 0.269 e. The van der Waals surface area contributed by atoms with Crippen LogP contribution >= 0.6 is 11.6 Å². The van der Waals surface area contributed by atoms with Crippen molar-refractivity contribution in [1.82, 2.24) is 25.2 Å². The first-order chi connectivity index (χ1) is 17.4. The van der Waals surface area contributed by atoms with Crippen molar-refractivity contribution < 1.29 is 9.53 Å². The number of hydrogen-bond donors (Lipinski definition) is 1. The highest BCUT2D eigenvalue weighted by molar-refractivity contribution is 6.32. The van der Waals surface area contributed by atoms with E-state index in [9.17, 15) is 10.1 Å². The quantitative estimate of drug-likeness (QED) is 0.540. The Balaban J connectivity index is 1.39. The summed E-state index contributed by atoms with van der Waals surface area (Å²) in [5.74, 6) is 0.270. The molecule has 2 aromatic rings. The van der Waals surface area contributed by atoms with Crippen molar-refractivity contribution in [3.05, 3.63) is 52.4 Å². The van der Waals surface area contributed by atoms with Gasteiger partial charge in [0.2, 0.25) is 5.82 Å². The third-order valence-corrected chi connectivity index (χ3v) is 6.85. The van der Waals surface area contributed by atoms with E-state index >= 15 is 0 Å². The monoisotopic (exact) mass is 511 g/mol. The smallest absolute Gasteiger partial charge is 0.269 e. The summed E-state index contributed by atoms with van der Waals surface area (Å²) in [5.41, 5.74) is 4.60. The minimum absolute atomic E-state index is 0.00297. The maximum atomic E-state index is 13.2. The summed E-state index contributed by atoms with van der Waals surface area (Å²) in [6.07, 6.45) is 3.70. The first kappa shape index (κ1) is 26.3. The fraction of sp³-hybridized carbons (Fsp3) is 0.538. The number of nitrogens with one attached hydrogen (secondary N) is 1. The second-order valence-corrected chi connectivity index (χ2v) is 10.2. The molecule has 10 heteroatoms. The highest BCUT2D eigenvalue weighted by Crippen LogP contribution is 2.23. The number of carbonyl (C=O) groups is 1. The van der Waals surface area contributed by atoms with Crippen molar-refractivity contribution in [3.8, 4) is 6.07 Å². The molecule has 2 fully saturated rings. The number of rotatable bonds is 8. The largest absolute Gasteiger partial charge is 0.379 e. The van der Waals surface area contributed by atoms with Gasteiger partial charge in [0.15, 0.2) is 5.82 Å². The molecule has 2 saturated heterocycles. The summed E-state index contributed by atoms with van der Waals surface area (Å²) in [5, 5.41) is 11.1. The molecule has 0 bridgehead atoms. The molecule has 1 N–H and O–H groups in total. The van der Waals surface area contributed by atoms with Crippen molar-refractivity contribution in [3.63, 3.8) is 0 Å². The Morgan fingerprint density at radius 3 is 2.72 bits per heavy atom. The van der Waals surface area contributed by atoms with Gasteiger partial charge >= 0.3 is 0 Å². The van der Waals surface area contributed by atoms with Crippen molar-refractivity contribution in [2.45, 2.75) is 39.3 Å². The predicted molar refractivity (Wildman–Crippen MR) is 139 cm³/mol. The molecule has 0 unspecified atom stereocenters. The number of amides is 1. The number of nitrogens with zero attached hydrogens (tertiary/aromatic N) is 6. The molecule has 0 spiro atoms. The van der Waals surface area contributed by atoms with Gasteiger partial charge in [-0.3, -0.25) is 25.0 Å². The highest BCUT2D eigenvalue weighted by Gasteiger charge is 2.26. The second-order valence-electron chi connectivity index (χ2n) is 9.78. The summed E-state index contributed by atoms with van der Waals surface area (Å²) in [6.45, 7) is 11.2. The number of hydrogen-bond acceptors (Lipinski definition) is 8. The van der Waals surface area contributed by atoms with E-state index in [0.29, 0.717) is 24.0 Å². The van der Waals surface area contributed by atoms with Crippen molar-refractivity contribution in [2.24, 2.45) is 5.92 Å². The lowest BCUT2D eigenvalue weighted by Crippen LogP contribution is -2.48. The van der Waals surface area contributed by atoms with Crippen LogP contribution in [0.4, 0.5) is 5.82 Å². The Morgan fingerprint density at radius 1 is 1.28 bits per heavy atom. The van der Waals surface area contributed by atoms with E-state index in [1.165, 1.54) is 6.20 Å². The lowest BCUT2D eigenvalue weighted by Gasteiger charge is -2.40. The average molecular weight is 512 g/mol. The van der Waals surface area contributed by atoms with Crippen molar-refractivity contribution in [2.75, 3.05) is 50.9 Å². The molecule has 1 amide bonds. The molecule has 0 radical (unpaired) electrons. The van der Waals surface area contributed by atoms with Crippen LogP contribution < -0.4 is 10.4 Å². The van der Waals surface area contributed by atoms with Gasteiger partial charge in [0, 0.05) is 37.8 Å². The number of anilines is 1. The first-order valence-electron chi connectivity index (χ1n) is 12.6. The van der Waals surface area contributed by atoms with E-state index in [4.69, 9.17) is 16.3 Å². The number of ether oxygens (including phenoxy) is 1. The number of halogens is 1. The Morgan fingerprint density at radius 2 is 2.03 bits per heavy atom. The van der Waals surface area contributed by atoms with Gasteiger partial charge in [-0.15, -0.1) is 0 Å². The van der Waals surface area contributed by atoms with Crippen molar-refractivity contribution in [1.29, 1.82) is 5.26 Å². The molecular weight excluding hydrogens is 478 g/mol. The number of nitriles is 1. The fourth-order valence-electron chi connectivity index (χ4n) is 4.79. The van der Waals surface area contributed by atoms with Crippen molar-refractivity contribution >= 4 is 23.3 Å². The lowest BCUT2D eigenvalue weighted by molar-refractivity contribution is 0.000228. The number of aromatic nitrogens is 2. The third kappa shape index (κ3) is 6.92. The third-order valence-electron chi connectivity index (χ3n) is 6.58. The van der Waals surface area contributed by atoms with Gasteiger partial charge in [-0.1, -0.05) is 37.6 Å². The first-order valence-corrected chi connectivity index (χ1v) is 12.9. The number of piperidine rings is 1.